The third-order valence-electron chi connectivity index (χ3n) is 9.65. The number of halogens is 4. The Labute approximate surface area is 218 Å². The summed E-state index contributed by atoms with van der Waals surface area (Å²) in [6.07, 6.45) is 2.80. The average Bonchev–Trinajstić information content (AvgIpc) is 3.61. The number of esters is 1. The van der Waals surface area contributed by atoms with Gasteiger partial charge in [-0.2, -0.15) is 13.2 Å². The molecule has 1 aromatic rings. The topological polar surface area (TPSA) is 76.1 Å². The lowest BCUT2D eigenvalue weighted by atomic mass is 9.50. The number of nitrogens with zero attached hydrogens (tertiary/aromatic N) is 1. The summed E-state index contributed by atoms with van der Waals surface area (Å²) in [6.45, 7) is -0.685. The van der Waals surface area contributed by atoms with E-state index in [4.69, 9.17) is 4.74 Å². The summed E-state index contributed by atoms with van der Waals surface area (Å²) < 4.78 is 67.0. The van der Waals surface area contributed by atoms with Gasteiger partial charge in [0.05, 0.1) is 25.8 Å². The van der Waals surface area contributed by atoms with Crippen molar-refractivity contribution in [2.24, 2.45) is 23.2 Å². The van der Waals surface area contributed by atoms with E-state index in [1.807, 2.05) is 0 Å². The average molecular weight is 540 g/mol. The second-order valence-corrected chi connectivity index (χ2v) is 12.6. The maximum Gasteiger partial charge on any atom is 0.419 e. The molecule has 1 aliphatic heterocycles. The largest absolute Gasteiger partial charge is 0.493 e. The van der Waals surface area contributed by atoms with Crippen molar-refractivity contribution >= 4 is 11.9 Å². The molecule has 10 heteroatoms. The highest BCUT2D eigenvalue weighted by Crippen LogP contribution is 2.60. The molecule has 2 atom stereocenters. The number of likely N-dealkylation sites (tertiary alicyclic amines) is 1. The van der Waals surface area contributed by atoms with Crippen molar-refractivity contribution in [3.63, 3.8) is 0 Å². The van der Waals surface area contributed by atoms with Crippen LogP contribution in [0.25, 0.3) is 0 Å². The summed E-state index contributed by atoms with van der Waals surface area (Å²) >= 11 is 0. The van der Waals surface area contributed by atoms with Crippen LogP contribution in [0, 0.1) is 29.0 Å². The predicted molar refractivity (Wildman–Crippen MR) is 127 cm³/mol. The molecule has 0 aromatic heterocycles. The van der Waals surface area contributed by atoms with E-state index in [1.165, 1.54) is 31.4 Å². The van der Waals surface area contributed by atoms with Crippen LogP contribution in [0.1, 0.15) is 79.6 Å². The zero-order valence-corrected chi connectivity index (χ0v) is 21.4. The Kier molecular flexibility index (Phi) is 6.01. The molecule has 6 nitrogen and oxygen atoms in total. The van der Waals surface area contributed by atoms with Crippen LogP contribution >= 0.6 is 0 Å². The Balaban J connectivity index is 1.26. The van der Waals surface area contributed by atoms with Crippen LogP contribution in [-0.4, -0.2) is 60.0 Å². The first-order chi connectivity index (χ1) is 17.9. The third-order valence-corrected chi connectivity index (χ3v) is 9.65. The molecule has 0 unspecified atom stereocenters. The molecular weight excluding hydrogens is 506 g/mol. The van der Waals surface area contributed by atoms with Crippen molar-refractivity contribution in [1.29, 1.82) is 0 Å². The Bertz CT molecular complexity index is 1110. The number of β-amino-alcohol motifs (C(OH)–C–C–N with tert-alkyl or cyclic N) is 1. The number of rotatable bonds is 6. The van der Waals surface area contributed by atoms with Crippen molar-refractivity contribution < 1.29 is 41.7 Å². The van der Waals surface area contributed by atoms with Gasteiger partial charge in [0.15, 0.2) is 5.60 Å². The summed E-state index contributed by atoms with van der Waals surface area (Å²) in [5, 5.41) is 10.2. The van der Waals surface area contributed by atoms with Crippen LogP contribution in [0.15, 0.2) is 12.1 Å². The van der Waals surface area contributed by atoms with E-state index in [1.54, 1.807) is 0 Å². The first-order valence-electron chi connectivity index (χ1n) is 13.5. The molecule has 1 aromatic carbocycles. The van der Waals surface area contributed by atoms with E-state index in [-0.39, 0.29) is 11.3 Å². The van der Waals surface area contributed by atoms with E-state index in [9.17, 15) is 27.9 Å². The zero-order valence-electron chi connectivity index (χ0n) is 21.4. The molecule has 6 aliphatic rings. The van der Waals surface area contributed by atoms with Gasteiger partial charge < -0.3 is 19.5 Å². The molecule has 1 N–H and O–H groups in total. The van der Waals surface area contributed by atoms with Crippen LogP contribution in [0.3, 0.4) is 0 Å². The summed E-state index contributed by atoms with van der Waals surface area (Å²) in [4.78, 5) is 26.2. The minimum Gasteiger partial charge on any atom is -0.493 e. The summed E-state index contributed by atoms with van der Waals surface area (Å²) in [5.74, 6) is -0.435. The summed E-state index contributed by atoms with van der Waals surface area (Å²) in [5.41, 5.74) is -2.96. The Morgan fingerprint density at radius 2 is 1.66 bits per heavy atom. The van der Waals surface area contributed by atoms with E-state index in [0.717, 1.165) is 57.0 Å². The van der Waals surface area contributed by atoms with E-state index < -0.39 is 54.0 Å². The van der Waals surface area contributed by atoms with Crippen molar-refractivity contribution in [1.82, 2.24) is 4.90 Å². The van der Waals surface area contributed by atoms with Crippen molar-refractivity contribution in [2.75, 3.05) is 20.3 Å². The molecule has 1 heterocycles. The number of benzene rings is 1. The smallest absolute Gasteiger partial charge is 0.419 e. The lowest BCUT2D eigenvalue weighted by Crippen LogP contribution is -2.48. The van der Waals surface area contributed by atoms with Crippen LogP contribution in [-0.2, 0) is 9.53 Å². The fraction of sp³-hybridized carbons (Fsp3) is 0.714. The number of hydrogen-bond donors (Lipinski definition) is 1. The fourth-order valence-corrected chi connectivity index (χ4v) is 8.08. The Morgan fingerprint density at radius 1 is 1.05 bits per heavy atom. The second-order valence-electron chi connectivity index (χ2n) is 12.6. The highest BCUT2D eigenvalue weighted by Gasteiger charge is 2.62. The molecule has 0 spiro atoms. The number of hydrogen-bond acceptors (Lipinski definition) is 5. The van der Waals surface area contributed by atoms with E-state index in [2.05, 4.69) is 4.74 Å². The predicted octanol–water partition coefficient (Wildman–Crippen LogP) is 4.98. The maximum atomic E-state index is 15.4. The van der Waals surface area contributed by atoms with Crippen molar-refractivity contribution in [3.05, 3.63) is 29.1 Å². The molecule has 6 fully saturated rings. The van der Waals surface area contributed by atoms with Crippen molar-refractivity contribution in [3.8, 4) is 5.75 Å². The number of carbonyl (C=O) groups excluding carboxylic acids is 2. The summed E-state index contributed by atoms with van der Waals surface area (Å²) in [6, 6.07) is 0.847. The summed E-state index contributed by atoms with van der Waals surface area (Å²) in [7, 11) is 0.984. The lowest BCUT2D eigenvalue weighted by molar-refractivity contribution is -0.253. The number of ether oxygens (including phenoxy) is 2. The van der Waals surface area contributed by atoms with Gasteiger partial charge >= 0.3 is 12.1 Å². The van der Waals surface area contributed by atoms with E-state index in [0.29, 0.717) is 22.8 Å². The highest BCUT2D eigenvalue weighted by atomic mass is 19.4. The van der Waals surface area contributed by atoms with Crippen LogP contribution in [0.2, 0.25) is 0 Å². The highest BCUT2D eigenvalue weighted by molar-refractivity contribution is 5.98. The lowest BCUT2D eigenvalue weighted by Gasteiger charge is -2.56. The standard InChI is InChI=1S/C28H33F4NO5/c1-37-25(35)22-12-27(36,28(30,31)32)13-33(22)24(34)20-7-19(18-2-3-18)23(8-21(20)29)38-14-26-9-15-4-16(10-26)6-17(5-15)11-26/h7-8,15-18,22,36H,2-6,9-14H2,1H3/t15?,16?,17?,22-,26?,27-/m0/s1. The van der Waals surface area contributed by atoms with Gasteiger partial charge in [0.1, 0.15) is 17.6 Å². The zero-order chi connectivity index (χ0) is 27.0. The van der Waals surface area contributed by atoms with Gasteiger partial charge in [-0.1, -0.05) is 0 Å². The van der Waals surface area contributed by atoms with Gasteiger partial charge in [-0.15, -0.1) is 0 Å². The quantitative estimate of drug-likeness (QED) is 0.408. The van der Waals surface area contributed by atoms with Gasteiger partial charge in [0.2, 0.25) is 0 Å². The SMILES string of the molecule is COC(=O)[C@@H]1C[C@@](O)(C(F)(F)F)CN1C(=O)c1cc(C2CC2)c(OCC23CC4CC(CC(C4)C2)C3)cc1F. The van der Waals surface area contributed by atoms with Gasteiger partial charge in [-0.3, -0.25) is 4.79 Å². The Morgan fingerprint density at radius 3 is 2.18 bits per heavy atom. The molecular formula is C28H33F4NO5. The molecule has 7 rings (SSSR count). The molecule has 1 amide bonds. The second kappa shape index (κ2) is 8.83. The third kappa shape index (κ3) is 4.36. The minimum absolute atomic E-state index is 0.0793. The molecule has 4 bridgehead atoms. The van der Waals surface area contributed by atoms with Crippen LogP contribution in [0.5, 0.6) is 5.75 Å². The number of aliphatic hydroxyl groups is 1. The fourth-order valence-electron chi connectivity index (χ4n) is 8.08. The molecule has 5 aliphatic carbocycles. The van der Waals surface area contributed by atoms with Gasteiger partial charge in [-0.25, -0.2) is 9.18 Å². The first-order valence-corrected chi connectivity index (χ1v) is 13.5. The van der Waals surface area contributed by atoms with Crippen LogP contribution < -0.4 is 4.74 Å². The number of methoxy groups -OCH3 is 1. The molecule has 38 heavy (non-hydrogen) atoms. The molecule has 5 saturated carbocycles. The molecule has 208 valence electrons. The number of carbonyl (C=O) groups is 2. The van der Waals surface area contributed by atoms with Crippen molar-refractivity contribution in [2.45, 2.75) is 81.5 Å². The van der Waals surface area contributed by atoms with Crippen LogP contribution in [0.4, 0.5) is 17.6 Å². The normalized spacial score (nSPS) is 36.0. The first kappa shape index (κ1) is 25.9. The molecule has 0 radical (unpaired) electrons. The number of amides is 1. The van der Waals surface area contributed by atoms with Gasteiger partial charge in [0.25, 0.3) is 5.91 Å². The Hall–Kier alpha value is -2.36. The maximum absolute atomic E-state index is 15.4. The minimum atomic E-state index is -5.08. The monoisotopic (exact) mass is 539 g/mol. The van der Waals surface area contributed by atoms with E-state index >= 15 is 4.39 Å². The van der Waals surface area contributed by atoms with Gasteiger partial charge in [-0.05, 0) is 86.7 Å². The van der Waals surface area contributed by atoms with Gasteiger partial charge in [0, 0.05) is 17.9 Å². The number of alkyl halides is 3. The molecule has 1 saturated heterocycles.